The molecule has 0 saturated carbocycles. The predicted octanol–water partition coefficient (Wildman–Crippen LogP) is 2.00. The van der Waals surface area contributed by atoms with Crippen molar-refractivity contribution in [3.8, 4) is 11.5 Å². The third kappa shape index (κ3) is 5.06. The average Bonchev–Trinajstić information content (AvgIpc) is 2.48. The maximum absolute atomic E-state index is 11.7. The molecule has 21 heavy (non-hydrogen) atoms. The zero-order chi connectivity index (χ0) is 15.8. The number of carbonyl (C=O) groups is 1. The number of nitrogens with one attached hydrogen (secondary N) is 2. The Morgan fingerprint density at radius 3 is 2.48 bits per heavy atom. The molecule has 6 heteroatoms. The van der Waals surface area contributed by atoms with Crippen molar-refractivity contribution in [1.29, 1.82) is 0 Å². The summed E-state index contributed by atoms with van der Waals surface area (Å²) < 4.78 is 10.4. The van der Waals surface area contributed by atoms with Crippen LogP contribution in [0.5, 0.6) is 11.5 Å². The summed E-state index contributed by atoms with van der Waals surface area (Å²) in [6.07, 6.45) is 1.31. The van der Waals surface area contributed by atoms with Crippen LogP contribution in [0.4, 0.5) is 11.4 Å². The molecule has 1 atom stereocenters. The van der Waals surface area contributed by atoms with Crippen molar-refractivity contribution in [1.82, 2.24) is 5.32 Å². The number of amides is 1. The van der Waals surface area contributed by atoms with Gasteiger partial charge in [0.2, 0.25) is 5.91 Å². The first-order chi connectivity index (χ1) is 10.0. The molecule has 1 aromatic carbocycles. The molecule has 1 unspecified atom stereocenters. The summed E-state index contributed by atoms with van der Waals surface area (Å²) in [5.41, 5.74) is 7.22. The summed E-state index contributed by atoms with van der Waals surface area (Å²) >= 11 is 0. The number of methoxy groups -OCH3 is 2. The molecule has 6 nitrogen and oxygen atoms in total. The molecule has 0 fully saturated rings. The fourth-order valence-corrected chi connectivity index (χ4v) is 1.81. The summed E-state index contributed by atoms with van der Waals surface area (Å²) in [7, 11) is 3.13. The number of nitrogen functional groups attached to an aromatic ring is 1. The van der Waals surface area contributed by atoms with Crippen molar-refractivity contribution in [3.63, 3.8) is 0 Å². The smallest absolute Gasteiger partial charge is 0.221 e. The largest absolute Gasteiger partial charge is 0.493 e. The molecule has 1 rings (SSSR count). The molecule has 0 heterocycles. The summed E-state index contributed by atoms with van der Waals surface area (Å²) in [4.78, 5) is 11.7. The molecule has 0 aliphatic carbocycles. The predicted molar refractivity (Wildman–Crippen MR) is 85.0 cm³/mol. The van der Waals surface area contributed by atoms with Crippen LogP contribution in [0.1, 0.15) is 26.7 Å². The quantitative estimate of drug-likeness (QED) is 0.639. The monoisotopic (exact) mass is 295 g/mol. The molecular formula is C15H25N3O3. The van der Waals surface area contributed by atoms with Gasteiger partial charge in [-0.3, -0.25) is 4.79 Å². The molecule has 1 amide bonds. The summed E-state index contributed by atoms with van der Waals surface area (Å²) in [6.45, 7) is 4.52. The van der Waals surface area contributed by atoms with Crippen molar-refractivity contribution in [2.75, 3.05) is 31.8 Å². The highest BCUT2D eigenvalue weighted by Gasteiger charge is 2.10. The van der Waals surface area contributed by atoms with Crippen LogP contribution in [0.2, 0.25) is 0 Å². The molecule has 4 N–H and O–H groups in total. The van der Waals surface area contributed by atoms with E-state index in [9.17, 15) is 4.79 Å². The Balaban J connectivity index is 2.57. The van der Waals surface area contributed by atoms with E-state index in [1.807, 2.05) is 13.8 Å². The van der Waals surface area contributed by atoms with E-state index in [2.05, 4.69) is 10.6 Å². The lowest BCUT2D eigenvalue weighted by Crippen LogP contribution is -2.32. The zero-order valence-electron chi connectivity index (χ0n) is 13.2. The number of carbonyl (C=O) groups excluding carboxylic acids is 1. The van der Waals surface area contributed by atoms with Crippen LogP contribution < -0.4 is 25.8 Å². The maximum atomic E-state index is 11.7. The van der Waals surface area contributed by atoms with Crippen LogP contribution in [0, 0.1) is 0 Å². The normalized spacial score (nSPS) is 11.6. The van der Waals surface area contributed by atoms with Gasteiger partial charge in [-0.2, -0.15) is 0 Å². The Bertz CT molecular complexity index is 477. The van der Waals surface area contributed by atoms with Gasteiger partial charge >= 0.3 is 0 Å². The van der Waals surface area contributed by atoms with Gasteiger partial charge in [-0.25, -0.2) is 0 Å². The lowest BCUT2D eigenvalue weighted by molar-refractivity contribution is -0.121. The summed E-state index contributed by atoms with van der Waals surface area (Å²) in [6, 6.07) is 3.66. The van der Waals surface area contributed by atoms with Gasteiger partial charge in [0, 0.05) is 31.1 Å². The minimum absolute atomic E-state index is 0.0240. The second kappa shape index (κ2) is 8.24. The Morgan fingerprint density at radius 2 is 1.90 bits per heavy atom. The van der Waals surface area contributed by atoms with Crippen molar-refractivity contribution in [2.45, 2.75) is 32.7 Å². The van der Waals surface area contributed by atoms with Crippen molar-refractivity contribution >= 4 is 17.3 Å². The van der Waals surface area contributed by atoms with E-state index < -0.39 is 0 Å². The highest BCUT2D eigenvalue weighted by Crippen LogP contribution is 2.34. The number of hydrogen-bond donors (Lipinski definition) is 3. The van der Waals surface area contributed by atoms with Gasteiger partial charge in [-0.15, -0.1) is 0 Å². The molecule has 0 radical (unpaired) electrons. The first-order valence-electron chi connectivity index (χ1n) is 7.06. The highest BCUT2D eigenvalue weighted by atomic mass is 16.5. The van der Waals surface area contributed by atoms with Crippen molar-refractivity contribution in [3.05, 3.63) is 12.1 Å². The topological polar surface area (TPSA) is 85.6 Å². The Morgan fingerprint density at radius 1 is 1.29 bits per heavy atom. The number of hydrogen-bond acceptors (Lipinski definition) is 5. The summed E-state index contributed by atoms with van der Waals surface area (Å²) in [5, 5.41) is 6.06. The molecule has 0 saturated heterocycles. The maximum Gasteiger partial charge on any atom is 0.221 e. The number of nitrogens with two attached hydrogens (primary N) is 1. The van der Waals surface area contributed by atoms with Gasteiger partial charge < -0.3 is 25.8 Å². The molecule has 1 aromatic rings. The molecule has 0 aromatic heterocycles. The van der Waals surface area contributed by atoms with E-state index in [1.54, 1.807) is 26.4 Å². The van der Waals surface area contributed by atoms with Crippen LogP contribution >= 0.6 is 0 Å². The van der Waals surface area contributed by atoms with Crippen LogP contribution in [-0.2, 0) is 4.79 Å². The fraction of sp³-hybridized carbons (Fsp3) is 0.533. The first-order valence-corrected chi connectivity index (χ1v) is 7.06. The molecule has 0 aliphatic heterocycles. The zero-order valence-corrected chi connectivity index (χ0v) is 13.2. The fourth-order valence-electron chi connectivity index (χ4n) is 1.81. The molecular weight excluding hydrogens is 270 g/mol. The number of rotatable bonds is 8. The van der Waals surface area contributed by atoms with Crippen LogP contribution in [-0.4, -0.2) is 32.7 Å². The lowest BCUT2D eigenvalue weighted by atomic mass is 10.2. The van der Waals surface area contributed by atoms with Gasteiger partial charge in [0.25, 0.3) is 0 Å². The number of anilines is 2. The molecule has 0 spiro atoms. The highest BCUT2D eigenvalue weighted by molar-refractivity contribution is 5.77. The Hall–Kier alpha value is -2.11. The van der Waals surface area contributed by atoms with Crippen molar-refractivity contribution in [2.24, 2.45) is 0 Å². The van der Waals surface area contributed by atoms with Crippen molar-refractivity contribution < 1.29 is 14.3 Å². The van der Waals surface area contributed by atoms with Gasteiger partial charge in [-0.1, -0.05) is 6.92 Å². The van der Waals surface area contributed by atoms with Gasteiger partial charge in [0.05, 0.1) is 25.6 Å². The minimum atomic E-state index is 0.0240. The third-order valence-corrected chi connectivity index (χ3v) is 3.24. The molecule has 0 aliphatic rings. The van der Waals surface area contributed by atoms with Crippen LogP contribution in [0.25, 0.3) is 0 Å². The summed E-state index contributed by atoms with van der Waals surface area (Å²) in [5.74, 6) is 1.20. The second-order valence-electron chi connectivity index (χ2n) is 4.85. The van der Waals surface area contributed by atoms with E-state index >= 15 is 0 Å². The first kappa shape index (κ1) is 16.9. The van der Waals surface area contributed by atoms with Gasteiger partial charge in [-0.05, 0) is 13.3 Å². The SMILES string of the molecule is CCC(C)NC(=O)CCNc1cc(OC)c(OC)cc1N. The van der Waals surface area contributed by atoms with Gasteiger partial charge in [0.15, 0.2) is 11.5 Å². The standard InChI is InChI=1S/C15H25N3O3/c1-5-10(2)18-15(19)6-7-17-12-9-14(21-4)13(20-3)8-11(12)16/h8-10,17H,5-7,16H2,1-4H3,(H,18,19). The number of benzene rings is 1. The Labute approximate surface area is 126 Å². The van der Waals surface area contributed by atoms with Gasteiger partial charge in [0.1, 0.15) is 0 Å². The Kier molecular flexibility index (Phi) is 6.65. The van der Waals surface area contributed by atoms with E-state index in [0.29, 0.717) is 30.2 Å². The van der Waals surface area contributed by atoms with E-state index in [0.717, 1.165) is 12.1 Å². The van der Waals surface area contributed by atoms with E-state index in [1.165, 1.54) is 0 Å². The molecule has 0 bridgehead atoms. The lowest BCUT2D eigenvalue weighted by Gasteiger charge is -2.15. The molecule has 118 valence electrons. The third-order valence-electron chi connectivity index (χ3n) is 3.24. The average molecular weight is 295 g/mol. The van der Waals surface area contributed by atoms with E-state index in [4.69, 9.17) is 15.2 Å². The number of ether oxygens (including phenoxy) is 2. The second-order valence-corrected chi connectivity index (χ2v) is 4.85. The van der Waals surface area contributed by atoms with Crippen LogP contribution in [0.15, 0.2) is 12.1 Å². The minimum Gasteiger partial charge on any atom is -0.493 e. The van der Waals surface area contributed by atoms with E-state index in [-0.39, 0.29) is 11.9 Å². The van der Waals surface area contributed by atoms with Crippen LogP contribution in [0.3, 0.4) is 0 Å².